The molecular weight excluding hydrogens is 256 g/mol. The van der Waals surface area contributed by atoms with Crippen molar-refractivity contribution >= 4 is 28.4 Å². The van der Waals surface area contributed by atoms with Crippen LogP contribution in [0.25, 0.3) is 17.1 Å². The topological polar surface area (TPSA) is 34.4 Å². The number of thiazole rings is 1. The molecule has 1 aromatic carbocycles. The fraction of sp³-hybridized carbons (Fsp3) is 0.0667. The van der Waals surface area contributed by atoms with Crippen molar-refractivity contribution in [3.05, 3.63) is 69.1 Å². The summed E-state index contributed by atoms with van der Waals surface area (Å²) in [7, 11) is 0. The predicted molar refractivity (Wildman–Crippen MR) is 79.4 cm³/mol. The summed E-state index contributed by atoms with van der Waals surface area (Å²) >= 11 is 1.46. The molecule has 3 rings (SSSR count). The lowest BCUT2D eigenvalue weighted by atomic mass is 10.1. The summed E-state index contributed by atoms with van der Waals surface area (Å²) < 4.78 is 1.58. The van der Waals surface area contributed by atoms with Gasteiger partial charge in [-0.1, -0.05) is 36.4 Å². The molecule has 0 fully saturated rings. The highest BCUT2D eigenvalue weighted by Crippen LogP contribution is 2.12. The Morgan fingerprint density at radius 2 is 2.00 bits per heavy atom. The highest BCUT2D eigenvalue weighted by Gasteiger charge is 2.06. The fourth-order valence-electron chi connectivity index (χ4n) is 1.89. The molecule has 0 amide bonds. The van der Waals surface area contributed by atoms with Crippen molar-refractivity contribution in [2.75, 3.05) is 0 Å². The van der Waals surface area contributed by atoms with Gasteiger partial charge in [-0.2, -0.15) is 0 Å². The minimum atomic E-state index is -0.000961. The second-order valence-corrected chi connectivity index (χ2v) is 5.10. The Morgan fingerprint density at radius 1 is 1.21 bits per heavy atom. The zero-order valence-electron chi connectivity index (χ0n) is 10.4. The second kappa shape index (κ2) is 4.82. The number of rotatable bonds is 2. The van der Waals surface area contributed by atoms with Gasteiger partial charge < -0.3 is 0 Å². The van der Waals surface area contributed by atoms with Gasteiger partial charge in [-0.25, -0.2) is 4.98 Å². The summed E-state index contributed by atoms with van der Waals surface area (Å²) in [6.45, 7) is 1.81. The van der Waals surface area contributed by atoms with Crippen LogP contribution in [0.3, 0.4) is 0 Å². The quantitative estimate of drug-likeness (QED) is 0.715. The Balaban J connectivity index is 2.08. The summed E-state index contributed by atoms with van der Waals surface area (Å²) in [5, 5.41) is 1.87. The first-order valence-corrected chi connectivity index (χ1v) is 6.83. The van der Waals surface area contributed by atoms with Crippen molar-refractivity contribution in [3.63, 3.8) is 0 Å². The van der Waals surface area contributed by atoms with E-state index in [2.05, 4.69) is 4.98 Å². The maximum Gasteiger partial charge on any atom is 0.262 e. The van der Waals surface area contributed by atoms with E-state index in [-0.39, 0.29) is 5.56 Å². The van der Waals surface area contributed by atoms with Gasteiger partial charge >= 0.3 is 0 Å². The van der Waals surface area contributed by atoms with E-state index in [1.807, 2.05) is 54.8 Å². The first-order chi connectivity index (χ1) is 9.25. The Kier molecular flexibility index (Phi) is 3.01. The lowest BCUT2D eigenvalue weighted by molar-refractivity contribution is 1.03. The van der Waals surface area contributed by atoms with Gasteiger partial charge in [0.15, 0.2) is 4.96 Å². The smallest absolute Gasteiger partial charge is 0.262 e. The molecule has 3 nitrogen and oxygen atoms in total. The highest BCUT2D eigenvalue weighted by atomic mass is 32.1. The minimum absolute atomic E-state index is 0.000961. The van der Waals surface area contributed by atoms with Crippen molar-refractivity contribution < 1.29 is 0 Å². The van der Waals surface area contributed by atoms with Crippen LogP contribution in [0.2, 0.25) is 0 Å². The molecule has 0 aliphatic heterocycles. The second-order valence-electron chi connectivity index (χ2n) is 4.23. The van der Waals surface area contributed by atoms with E-state index >= 15 is 0 Å². The monoisotopic (exact) mass is 268 g/mol. The van der Waals surface area contributed by atoms with E-state index in [0.717, 1.165) is 16.2 Å². The molecule has 94 valence electrons. The van der Waals surface area contributed by atoms with Gasteiger partial charge in [0.1, 0.15) is 0 Å². The normalized spacial score (nSPS) is 11.4. The van der Waals surface area contributed by atoms with Gasteiger partial charge in [0.2, 0.25) is 0 Å². The van der Waals surface area contributed by atoms with Crippen molar-refractivity contribution in [2.24, 2.45) is 0 Å². The number of hydrogen-bond acceptors (Lipinski definition) is 3. The molecule has 3 aromatic rings. The summed E-state index contributed by atoms with van der Waals surface area (Å²) in [6.07, 6.45) is 5.62. The Morgan fingerprint density at radius 3 is 2.79 bits per heavy atom. The number of benzene rings is 1. The Bertz CT molecular complexity index is 800. The molecular formula is C15H12N2OS. The molecule has 0 aliphatic rings. The molecule has 4 heteroatoms. The van der Waals surface area contributed by atoms with Crippen LogP contribution in [0, 0.1) is 6.92 Å². The molecule has 19 heavy (non-hydrogen) atoms. The van der Waals surface area contributed by atoms with E-state index in [4.69, 9.17) is 0 Å². The van der Waals surface area contributed by atoms with Crippen LogP contribution in [0.15, 0.2) is 46.7 Å². The Labute approximate surface area is 114 Å². The molecule has 0 saturated heterocycles. The van der Waals surface area contributed by atoms with Gasteiger partial charge in [0.05, 0.1) is 5.69 Å². The SMILES string of the molecule is Cc1c(/C=C/c2ccccc2)nc2sccn2c1=O. The third kappa shape index (κ3) is 2.22. The minimum Gasteiger partial charge on any atom is -0.269 e. The largest absolute Gasteiger partial charge is 0.269 e. The maximum absolute atomic E-state index is 12.1. The van der Waals surface area contributed by atoms with E-state index in [1.54, 1.807) is 10.6 Å². The molecule has 0 aliphatic carbocycles. The molecule has 0 saturated carbocycles. The predicted octanol–water partition coefficient (Wildman–Crippen LogP) is 3.23. The lowest BCUT2D eigenvalue weighted by Gasteiger charge is -2.00. The van der Waals surface area contributed by atoms with Crippen molar-refractivity contribution in [3.8, 4) is 0 Å². The van der Waals surface area contributed by atoms with Crippen LogP contribution in [0.4, 0.5) is 0 Å². The van der Waals surface area contributed by atoms with Gasteiger partial charge in [0, 0.05) is 17.1 Å². The number of fused-ring (bicyclic) bond motifs is 1. The lowest BCUT2D eigenvalue weighted by Crippen LogP contribution is -2.17. The van der Waals surface area contributed by atoms with Crippen LogP contribution < -0.4 is 5.56 Å². The summed E-state index contributed by atoms with van der Waals surface area (Å²) in [4.78, 5) is 17.3. The van der Waals surface area contributed by atoms with Gasteiger partial charge in [-0.15, -0.1) is 11.3 Å². The summed E-state index contributed by atoms with van der Waals surface area (Å²) in [6, 6.07) is 9.98. The molecule has 0 atom stereocenters. The third-order valence-corrected chi connectivity index (χ3v) is 3.72. The van der Waals surface area contributed by atoms with Crippen molar-refractivity contribution in [1.82, 2.24) is 9.38 Å². The van der Waals surface area contributed by atoms with E-state index in [9.17, 15) is 4.79 Å². The summed E-state index contributed by atoms with van der Waals surface area (Å²) in [5.74, 6) is 0. The number of hydrogen-bond donors (Lipinski definition) is 0. The fourth-order valence-corrected chi connectivity index (χ4v) is 2.60. The number of aromatic nitrogens is 2. The van der Waals surface area contributed by atoms with Crippen LogP contribution in [0.1, 0.15) is 16.8 Å². The summed E-state index contributed by atoms with van der Waals surface area (Å²) in [5.41, 5.74) is 2.49. The molecule has 2 aromatic heterocycles. The molecule has 2 heterocycles. The molecule has 0 bridgehead atoms. The van der Waals surface area contributed by atoms with Crippen LogP contribution >= 0.6 is 11.3 Å². The van der Waals surface area contributed by atoms with Crippen molar-refractivity contribution in [2.45, 2.75) is 6.92 Å². The van der Waals surface area contributed by atoms with Gasteiger partial charge in [-0.05, 0) is 18.6 Å². The van der Waals surface area contributed by atoms with Crippen molar-refractivity contribution in [1.29, 1.82) is 0 Å². The van der Waals surface area contributed by atoms with E-state index in [1.165, 1.54) is 11.3 Å². The molecule has 0 N–H and O–H groups in total. The first kappa shape index (κ1) is 11.9. The molecule has 0 spiro atoms. The standard InChI is InChI=1S/C15H12N2OS/c1-11-13(8-7-12-5-3-2-4-6-12)16-15-17(14(11)18)9-10-19-15/h2-10H,1H3/b8-7+. The zero-order chi connectivity index (χ0) is 13.2. The highest BCUT2D eigenvalue weighted by molar-refractivity contribution is 7.15. The van der Waals surface area contributed by atoms with Gasteiger partial charge in [0.25, 0.3) is 5.56 Å². The van der Waals surface area contributed by atoms with E-state index in [0.29, 0.717) is 5.56 Å². The van der Waals surface area contributed by atoms with E-state index < -0.39 is 0 Å². The zero-order valence-corrected chi connectivity index (χ0v) is 11.2. The number of nitrogens with zero attached hydrogens (tertiary/aromatic N) is 2. The Hall–Kier alpha value is -2.20. The molecule has 0 unspecified atom stereocenters. The first-order valence-electron chi connectivity index (χ1n) is 5.95. The third-order valence-electron chi connectivity index (χ3n) is 2.96. The van der Waals surface area contributed by atoms with Crippen LogP contribution in [-0.2, 0) is 0 Å². The average Bonchev–Trinajstić information content (AvgIpc) is 2.91. The van der Waals surface area contributed by atoms with Crippen LogP contribution in [-0.4, -0.2) is 9.38 Å². The molecule has 0 radical (unpaired) electrons. The maximum atomic E-state index is 12.1. The average molecular weight is 268 g/mol. The van der Waals surface area contributed by atoms with Gasteiger partial charge in [-0.3, -0.25) is 9.20 Å². The van der Waals surface area contributed by atoms with Crippen LogP contribution in [0.5, 0.6) is 0 Å².